The van der Waals surface area contributed by atoms with E-state index in [2.05, 4.69) is 24.3 Å². The molecular weight excluding hydrogens is 418 g/mol. The highest BCUT2D eigenvalue weighted by molar-refractivity contribution is 6.26. The van der Waals surface area contributed by atoms with Crippen LogP contribution in [0.15, 0.2) is 109 Å². The Morgan fingerprint density at radius 2 is 1.09 bits per heavy atom. The molecule has 5 aromatic rings. The molecule has 1 aromatic heterocycles. The lowest BCUT2D eigenvalue weighted by atomic mass is 9.86. The average Bonchev–Trinajstić information content (AvgIpc) is 3.20. The topological polar surface area (TPSA) is 39.2 Å². The molecule has 1 aliphatic carbocycles. The average molecular weight is 440 g/mol. The van der Waals surface area contributed by atoms with Gasteiger partial charge in [-0.15, -0.1) is 0 Å². The van der Waals surface area contributed by atoms with E-state index in [1.165, 1.54) is 0 Å². The zero-order valence-corrected chi connectivity index (χ0v) is 18.7. The normalized spacial score (nSPS) is 11.7. The Hall–Kier alpha value is -4.50. The van der Waals surface area contributed by atoms with Gasteiger partial charge in [-0.2, -0.15) is 0 Å². The van der Waals surface area contributed by atoms with Gasteiger partial charge in [-0.1, -0.05) is 97.1 Å². The minimum Gasteiger partial charge on any atom is -0.497 e. The van der Waals surface area contributed by atoms with Crippen LogP contribution >= 0.6 is 0 Å². The van der Waals surface area contributed by atoms with E-state index in [0.29, 0.717) is 11.1 Å². The summed E-state index contributed by atoms with van der Waals surface area (Å²) >= 11 is 0. The van der Waals surface area contributed by atoms with Gasteiger partial charge in [0, 0.05) is 27.8 Å². The molecule has 0 amide bonds. The number of carbonyl (C=O) groups excluding carboxylic acids is 1. The van der Waals surface area contributed by atoms with Crippen LogP contribution in [-0.4, -0.2) is 17.9 Å². The molecule has 3 heteroatoms. The molecule has 1 heterocycles. The number of benzene rings is 4. The minimum atomic E-state index is 0.0145. The van der Waals surface area contributed by atoms with E-state index in [-0.39, 0.29) is 5.78 Å². The van der Waals surface area contributed by atoms with E-state index in [1.807, 2.05) is 84.9 Å². The summed E-state index contributed by atoms with van der Waals surface area (Å²) in [6, 6.07) is 36.0. The zero-order valence-electron chi connectivity index (χ0n) is 18.7. The van der Waals surface area contributed by atoms with Gasteiger partial charge in [0.15, 0.2) is 5.78 Å². The van der Waals surface area contributed by atoms with E-state index in [1.54, 1.807) is 7.11 Å². The largest absolute Gasteiger partial charge is 0.497 e. The lowest BCUT2D eigenvalue weighted by molar-refractivity contribution is 0.104. The predicted molar refractivity (Wildman–Crippen MR) is 136 cm³/mol. The standard InChI is InChI=1S/C31H21NO2/c1-34-23-18-16-21(17-19-23)26-27(20-10-4-2-5-11-20)29(22-12-6-3-7-13-22)32-30-24-14-8-9-15-25(24)31(33)28(26)30/h2-19H,1H3. The van der Waals surface area contributed by atoms with Gasteiger partial charge in [-0.3, -0.25) is 4.79 Å². The third-order valence-electron chi connectivity index (χ3n) is 6.34. The minimum absolute atomic E-state index is 0.0145. The Labute approximate surface area is 198 Å². The van der Waals surface area contributed by atoms with Crippen molar-refractivity contribution >= 4 is 5.78 Å². The van der Waals surface area contributed by atoms with Gasteiger partial charge < -0.3 is 4.74 Å². The first-order chi connectivity index (χ1) is 16.8. The van der Waals surface area contributed by atoms with Crippen molar-refractivity contribution in [2.24, 2.45) is 0 Å². The van der Waals surface area contributed by atoms with Crippen LogP contribution in [0.3, 0.4) is 0 Å². The molecule has 0 N–H and O–H groups in total. The lowest BCUT2D eigenvalue weighted by Gasteiger charge is -2.19. The Morgan fingerprint density at radius 3 is 1.74 bits per heavy atom. The van der Waals surface area contributed by atoms with Gasteiger partial charge in [0.2, 0.25) is 0 Å². The SMILES string of the molecule is COc1ccc(-c2c3c(nc(-c4ccccc4)c2-c2ccccc2)-c2ccccc2C3=O)cc1. The van der Waals surface area contributed by atoms with E-state index < -0.39 is 0 Å². The molecule has 0 fully saturated rings. The number of aromatic nitrogens is 1. The van der Waals surface area contributed by atoms with Gasteiger partial charge in [0.05, 0.1) is 24.1 Å². The first kappa shape index (κ1) is 20.1. The first-order valence-electron chi connectivity index (χ1n) is 11.2. The smallest absolute Gasteiger partial charge is 0.196 e. The van der Waals surface area contributed by atoms with Gasteiger partial charge in [-0.25, -0.2) is 4.98 Å². The van der Waals surface area contributed by atoms with Crippen molar-refractivity contribution < 1.29 is 9.53 Å². The van der Waals surface area contributed by atoms with Crippen molar-refractivity contribution in [3.8, 4) is 50.5 Å². The summed E-state index contributed by atoms with van der Waals surface area (Å²) in [5.41, 5.74) is 8.68. The quantitative estimate of drug-likeness (QED) is 0.289. The molecule has 0 atom stereocenters. The molecule has 0 saturated heterocycles. The number of nitrogens with zero attached hydrogens (tertiary/aromatic N) is 1. The Bertz CT molecular complexity index is 1520. The molecule has 6 rings (SSSR count). The third kappa shape index (κ3) is 3.13. The van der Waals surface area contributed by atoms with E-state index in [9.17, 15) is 4.79 Å². The van der Waals surface area contributed by atoms with Crippen molar-refractivity contribution in [2.75, 3.05) is 7.11 Å². The van der Waals surface area contributed by atoms with E-state index >= 15 is 0 Å². The van der Waals surface area contributed by atoms with Crippen molar-refractivity contribution in [2.45, 2.75) is 0 Å². The molecule has 3 nitrogen and oxygen atoms in total. The molecule has 0 spiro atoms. The number of ether oxygens (including phenoxy) is 1. The van der Waals surface area contributed by atoms with Crippen LogP contribution in [0.2, 0.25) is 0 Å². The van der Waals surface area contributed by atoms with Crippen molar-refractivity contribution in [1.82, 2.24) is 4.98 Å². The van der Waals surface area contributed by atoms with Crippen molar-refractivity contribution in [3.05, 3.63) is 120 Å². The van der Waals surface area contributed by atoms with Crippen LogP contribution < -0.4 is 4.74 Å². The van der Waals surface area contributed by atoms with Crippen LogP contribution in [0.5, 0.6) is 5.75 Å². The number of rotatable bonds is 4. The molecule has 4 aromatic carbocycles. The number of hydrogen-bond donors (Lipinski definition) is 0. The Kier molecular flexibility index (Phi) is 4.81. The second-order valence-corrected chi connectivity index (χ2v) is 8.27. The van der Waals surface area contributed by atoms with Crippen molar-refractivity contribution in [1.29, 1.82) is 0 Å². The number of carbonyl (C=O) groups is 1. The Balaban J connectivity index is 1.78. The van der Waals surface area contributed by atoms with Crippen LogP contribution in [0.1, 0.15) is 15.9 Å². The lowest BCUT2D eigenvalue weighted by Crippen LogP contribution is -2.04. The van der Waals surface area contributed by atoms with Gasteiger partial charge in [-0.05, 0) is 23.3 Å². The molecule has 162 valence electrons. The maximum absolute atomic E-state index is 13.8. The molecule has 1 aliphatic rings. The summed E-state index contributed by atoms with van der Waals surface area (Å²) in [7, 11) is 1.65. The predicted octanol–water partition coefficient (Wildman–Crippen LogP) is 7.30. The number of pyridine rings is 1. The summed E-state index contributed by atoms with van der Waals surface area (Å²) in [5.74, 6) is 0.786. The summed E-state index contributed by atoms with van der Waals surface area (Å²) in [6.45, 7) is 0. The van der Waals surface area contributed by atoms with Crippen LogP contribution in [0.25, 0.3) is 44.8 Å². The highest BCUT2D eigenvalue weighted by Gasteiger charge is 2.34. The van der Waals surface area contributed by atoms with Crippen LogP contribution in [0.4, 0.5) is 0 Å². The van der Waals surface area contributed by atoms with Gasteiger partial charge in [0.25, 0.3) is 0 Å². The fourth-order valence-corrected chi connectivity index (χ4v) is 4.76. The molecule has 0 aliphatic heterocycles. The maximum atomic E-state index is 13.8. The van der Waals surface area contributed by atoms with E-state index in [4.69, 9.17) is 9.72 Å². The highest BCUT2D eigenvalue weighted by atomic mass is 16.5. The number of hydrogen-bond acceptors (Lipinski definition) is 3. The van der Waals surface area contributed by atoms with Crippen molar-refractivity contribution in [3.63, 3.8) is 0 Å². The second-order valence-electron chi connectivity index (χ2n) is 8.27. The second kappa shape index (κ2) is 8.13. The molecule has 0 radical (unpaired) electrons. The summed E-state index contributed by atoms with van der Waals surface area (Å²) in [4.78, 5) is 18.9. The molecule has 0 bridgehead atoms. The molecule has 34 heavy (non-hydrogen) atoms. The maximum Gasteiger partial charge on any atom is 0.196 e. The third-order valence-corrected chi connectivity index (χ3v) is 6.34. The molecule has 0 unspecified atom stereocenters. The monoisotopic (exact) mass is 439 g/mol. The highest BCUT2D eigenvalue weighted by Crippen LogP contribution is 2.48. The summed E-state index contributed by atoms with van der Waals surface area (Å²) in [6.07, 6.45) is 0. The fraction of sp³-hybridized carbons (Fsp3) is 0.0323. The molecular formula is C31H21NO2. The number of ketones is 1. The first-order valence-corrected chi connectivity index (χ1v) is 11.2. The summed E-state index contributed by atoms with van der Waals surface area (Å²) in [5, 5.41) is 0. The Morgan fingerprint density at radius 1 is 0.529 bits per heavy atom. The fourth-order valence-electron chi connectivity index (χ4n) is 4.76. The zero-order chi connectivity index (χ0) is 23.1. The van der Waals surface area contributed by atoms with E-state index in [0.717, 1.165) is 50.5 Å². The number of methoxy groups -OCH3 is 1. The summed E-state index contributed by atoms with van der Waals surface area (Å²) < 4.78 is 5.40. The van der Waals surface area contributed by atoms with Crippen LogP contribution in [-0.2, 0) is 0 Å². The van der Waals surface area contributed by atoms with Gasteiger partial charge >= 0.3 is 0 Å². The van der Waals surface area contributed by atoms with Gasteiger partial charge in [0.1, 0.15) is 5.75 Å². The van der Waals surface area contributed by atoms with Crippen LogP contribution in [0, 0.1) is 0 Å². The number of fused-ring (bicyclic) bond motifs is 3. The molecule has 0 saturated carbocycles.